The van der Waals surface area contributed by atoms with Crippen molar-refractivity contribution < 1.29 is 4.79 Å². The molecule has 1 aliphatic heterocycles. The molecule has 0 aliphatic carbocycles. The van der Waals surface area contributed by atoms with Crippen molar-refractivity contribution in [1.29, 1.82) is 0 Å². The highest BCUT2D eigenvalue weighted by molar-refractivity contribution is 7.80. The minimum atomic E-state index is 0.157. The fraction of sp³-hybridized carbons (Fsp3) is 0.417. The van der Waals surface area contributed by atoms with Gasteiger partial charge >= 0.3 is 0 Å². The summed E-state index contributed by atoms with van der Waals surface area (Å²) in [7, 11) is 1.83. The number of nitrogens with zero attached hydrogens (tertiary/aromatic N) is 3. The minimum absolute atomic E-state index is 0.157. The zero-order valence-electron chi connectivity index (χ0n) is 10.3. The standard InChI is InChI=1S/C12H16N4OS/c1-15-4-5-16(8-11(15)17)7-9-2-3-14-10(6-9)12(13)18/h2-3,6H,4-5,7-8H2,1H3,(H2,13,18). The molecule has 2 heterocycles. The summed E-state index contributed by atoms with van der Waals surface area (Å²) in [5, 5.41) is 0. The molecule has 0 bridgehead atoms. The van der Waals surface area contributed by atoms with Crippen LogP contribution in [-0.4, -0.2) is 52.4 Å². The number of aromatic nitrogens is 1. The van der Waals surface area contributed by atoms with Gasteiger partial charge in [-0.15, -0.1) is 0 Å². The van der Waals surface area contributed by atoms with E-state index in [9.17, 15) is 4.79 Å². The highest BCUT2D eigenvalue weighted by Crippen LogP contribution is 2.09. The number of carbonyl (C=O) groups excluding carboxylic acids is 1. The lowest BCUT2D eigenvalue weighted by atomic mass is 10.2. The number of likely N-dealkylation sites (N-methyl/N-ethyl adjacent to an activating group) is 1. The molecule has 0 aromatic carbocycles. The molecule has 2 N–H and O–H groups in total. The monoisotopic (exact) mass is 264 g/mol. The number of hydrogen-bond acceptors (Lipinski definition) is 4. The molecule has 2 rings (SSSR count). The Kier molecular flexibility index (Phi) is 3.88. The van der Waals surface area contributed by atoms with Gasteiger partial charge in [-0.25, -0.2) is 0 Å². The normalized spacial score (nSPS) is 16.9. The Balaban J connectivity index is 2.03. The van der Waals surface area contributed by atoms with Crippen LogP contribution in [0.3, 0.4) is 0 Å². The molecule has 0 unspecified atom stereocenters. The Bertz CT molecular complexity index is 477. The van der Waals surface area contributed by atoms with Gasteiger partial charge in [0.1, 0.15) is 4.99 Å². The lowest BCUT2D eigenvalue weighted by molar-refractivity contribution is -0.134. The maximum atomic E-state index is 11.6. The van der Waals surface area contributed by atoms with Crippen molar-refractivity contribution in [3.63, 3.8) is 0 Å². The Morgan fingerprint density at radius 2 is 2.33 bits per heavy atom. The lowest BCUT2D eigenvalue weighted by Gasteiger charge is -2.31. The highest BCUT2D eigenvalue weighted by Gasteiger charge is 2.20. The van der Waals surface area contributed by atoms with Crippen molar-refractivity contribution in [2.24, 2.45) is 5.73 Å². The number of thiocarbonyl (C=S) groups is 1. The third kappa shape index (κ3) is 3.02. The number of piperazine rings is 1. The van der Waals surface area contributed by atoms with Gasteiger partial charge in [-0.05, 0) is 17.7 Å². The van der Waals surface area contributed by atoms with Crippen LogP contribution in [0.4, 0.5) is 0 Å². The van der Waals surface area contributed by atoms with Crippen LogP contribution in [0.2, 0.25) is 0 Å². The van der Waals surface area contributed by atoms with Crippen molar-refractivity contribution in [2.45, 2.75) is 6.54 Å². The summed E-state index contributed by atoms with van der Waals surface area (Å²) in [6.45, 7) is 2.83. The van der Waals surface area contributed by atoms with E-state index >= 15 is 0 Å². The summed E-state index contributed by atoms with van der Waals surface area (Å²) in [5.74, 6) is 0.157. The van der Waals surface area contributed by atoms with E-state index in [4.69, 9.17) is 18.0 Å². The van der Waals surface area contributed by atoms with Crippen molar-refractivity contribution in [2.75, 3.05) is 26.7 Å². The predicted octanol–water partition coefficient (Wildman–Crippen LogP) is -0.0102. The summed E-state index contributed by atoms with van der Waals surface area (Å²) in [6.07, 6.45) is 1.70. The van der Waals surface area contributed by atoms with Gasteiger partial charge in [-0.3, -0.25) is 14.7 Å². The van der Waals surface area contributed by atoms with Crippen LogP contribution in [0.25, 0.3) is 0 Å². The van der Waals surface area contributed by atoms with E-state index < -0.39 is 0 Å². The Labute approximate surface area is 112 Å². The van der Waals surface area contributed by atoms with Crippen molar-refractivity contribution >= 4 is 23.1 Å². The molecule has 0 atom stereocenters. The third-order valence-corrected chi connectivity index (χ3v) is 3.23. The van der Waals surface area contributed by atoms with Gasteiger partial charge in [0.05, 0.1) is 12.2 Å². The Morgan fingerprint density at radius 3 is 3.00 bits per heavy atom. The molecule has 18 heavy (non-hydrogen) atoms. The number of carbonyl (C=O) groups is 1. The maximum Gasteiger partial charge on any atom is 0.236 e. The van der Waals surface area contributed by atoms with E-state index in [1.54, 1.807) is 11.1 Å². The quantitative estimate of drug-likeness (QED) is 0.778. The van der Waals surface area contributed by atoms with Gasteiger partial charge in [-0.2, -0.15) is 0 Å². The second kappa shape index (κ2) is 5.41. The predicted molar refractivity (Wildman–Crippen MR) is 73.0 cm³/mol. The third-order valence-electron chi connectivity index (χ3n) is 3.02. The second-order valence-electron chi connectivity index (χ2n) is 4.44. The van der Waals surface area contributed by atoms with E-state index in [0.717, 1.165) is 25.2 Å². The van der Waals surface area contributed by atoms with Crippen LogP contribution < -0.4 is 5.73 Å². The number of hydrogen-bond donors (Lipinski definition) is 1. The molecule has 0 spiro atoms. The number of nitrogens with two attached hydrogens (primary N) is 1. The van der Waals surface area contributed by atoms with Gasteiger partial charge in [0.25, 0.3) is 0 Å². The van der Waals surface area contributed by atoms with E-state index in [2.05, 4.69) is 9.88 Å². The van der Waals surface area contributed by atoms with E-state index in [0.29, 0.717) is 17.2 Å². The van der Waals surface area contributed by atoms with Crippen LogP contribution in [0, 0.1) is 0 Å². The molecule has 1 amide bonds. The molecule has 1 aromatic rings. The SMILES string of the molecule is CN1CCN(Cc2ccnc(C(N)=S)c2)CC1=O. The van der Waals surface area contributed by atoms with Crippen LogP contribution in [0.15, 0.2) is 18.3 Å². The average Bonchev–Trinajstić information content (AvgIpc) is 2.34. The number of rotatable bonds is 3. The maximum absolute atomic E-state index is 11.6. The molecule has 6 heteroatoms. The molecule has 1 aliphatic rings. The zero-order valence-corrected chi connectivity index (χ0v) is 11.1. The summed E-state index contributed by atoms with van der Waals surface area (Å²) in [4.78, 5) is 19.9. The fourth-order valence-electron chi connectivity index (χ4n) is 1.91. The van der Waals surface area contributed by atoms with Gasteiger partial charge < -0.3 is 10.6 Å². The smallest absolute Gasteiger partial charge is 0.236 e. The van der Waals surface area contributed by atoms with Gasteiger partial charge in [0, 0.05) is 32.9 Å². The molecule has 0 saturated carbocycles. The molecular formula is C12H16N4OS. The number of amides is 1. The van der Waals surface area contributed by atoms with Crippen molar-refractivity contribution in [3.05, 3.63) is 29.6 Å². The molecule has 5 nitrogen and oxygen atoms in total. The molecule has 0 radical (unpaired) electrons. The van der Waals surface area contributed by atoms with Gasteiger partial charge in [-0.1, -0.05) is 12.2 Å². The first-order valence-corrected chi connectivity index (χ1v) is 6.18. The summed E-state index contributed by atoms with van der Waals surface area (Å²) in [6, 6.07) is 3.80. The molecular weight excluding hydrogens is 248 g/mol. The molecule has 1 aromatic heterocycles. The van der Waals surface area contributed by atoms with Crippen molar-refractivity contribution in [1.82, 2.24) is 14.8 Å². The largest absolute Gasteiger partial charge is 0.388 e. The molecule has 1 saturated heterocycles. The van der Waals surface area contributed by atoms with Crippen LogP contribution >= 0.6 is 12.2 Å². The Hall–Kier alpha value is -1.53. The number of pyridine rings is 1. The first-order chi connectivity index (χ1) is 8.56. The minimum Gasteiger partial charge on any atom is -0.388 e. The van der Waals surface area contributed by atoms with E-state index in [1.807, 2.05) is 19.2 Å². The summed E-state index contributed by atoms with van der Waals surface area (Å²) in [5.41, 5.74) is 7.25. The zero-order chi connectivity index (χ0) is 13.1. The van der Waals surface area contributed by atoms with E-state index in [1.165, 1.54) is 0 Å². The second-order valence-corrected chi connectivity index (χ2v) is 4.88. The summed E-state index contributed by atoms with van der Waals surface area (Å²) >= 11 is 4.90. The fourth-order valence-corrected chi connectivity index (χ4v) is 2.02. The molecule has 96 valence electrons. The first-order valence-electron chi connectivity index (χ1n) is 5.77. The topological polar surface area (TPSA) is 62.5 Å². The van der Waals surface area contributed by atoms with Crippen LogP contribution in [-0.2, 0) is 11.3 Å². The Morgan fingerprint density at radius 1 is 1.56 bits per heavy atom. The van der Waals surface area contributed by atoms with Crippen LogP contribution in [0.1, 0.15) is 11.3 Å². The average molecular weight is 264 g/mol. The van der Waals surface area contributed by atoms with Gasteiger partial charge in [0.2, 0.25) is 5.91 Å². The molecule has 1 fully saturated rings. The van der Waals surface area contributed by atoms with Crippen LogP contribution in [0.5, 0.6) is 0 Å². The highest BCUT2D eigenvalue weighted by atomic mass is 32.1. The summed E-state index contributed by atoms with van der Waals surface area (Å²) < 4.78 is 0. The van der Waals surface area contributed by atoms with Gasteiger partial charge in [0.15, 0.2) is 0 Å². The van der Waals surface area contributed by atoms with Crippen molar-refractivity contribution in [3.8, 4) is 0 Å². The van der Waals surface area contributed by atoms with E-state index in [-0.39, 0.29) is 5.91 Å². The first kappa shape index (κ1) is 12.9. The lowest BCUT2D eigenvalue weighted by Crippen LogP contribution is -2.47.